The van der Waals surface area contributed by atoms with Gasteiger partial charge in [-0.2, -0.15) is 0 Å². The van der Waals surface area contributed by atoms with Crippen molar-refractivity contribution in [2.75, 3.05) is 11.4 Å². The largest absolute Gasteiger partial charge is 0.384 e. The van der Waals surface area contributed by atoms with E-state index in [0.29, 0.717) is 6.04 Å². The number of fused-ring (bicyclic) bond motifs is 1. The maximum Gasteiger partial charge on any atom is 0.140 e. The second-order valence-electron chi connectivity index (χ2n) is 5.98. The first-order chi connectivity index (χ1) is 9.70. The monoisotopic (exact) mass is 272 g/mol. The van der Waals surface area contributed by atoms with E-state index in [1.54, 1.807) is 0 Å². The Hall–Kier alpha value is -1.58. The number of aryl methyl sites for hydroxylation is 2. The molecule has 0 aromatic carbocycles. The third-order valence-electron chi connectivity index (χ3n) is 4.69. The molecule has 1 atom stereocenters. The van der Waals surface area contributed by atoms with E-state index in [2.05, 4.69) is 17.9 Å². The van der Waals surface area contributed by atoms with Crippen molar-refractivity contribution < 1.29 is 0 Å². The van der Waals surface area contributed by atoms with E-state index in [1.807, 2.05) is 0 Å². The summed E-state index contributed by atoms with van der Waals surface area (Å²) < 4.78 is 0. The molecule has 1 unspecified atom stereocenters. The molecule has 3 N–H and O–H groups in total. The van der Waals surface area contributed by atoms with E-state index < -0.39 is 0 Å². The summed E-state index contributed by atoms with van der Waals surface area (Å²) in [4.78, 5) is 7.30. The van der Waals surface area contributed by atoms with Gasteiger partial charge in [-0.3, -0.25) is 5.41 Å². The van der Waals surface area contributed by atoms with Crippen molar-refractivity contribution in [3.8, 4) is 0 Å². The number of anilines is 1. The summed E-state index contributed by atoms with van der Waals surface area (Å²) in [5, 5.41) is 7.89. The first-order valence-corrected chi connectivity index (χ1v) is 7.84. The average Bonchev–Trinajstić information content (AvgIpc) is 2.93. The molecule has 20 heavy (non-hydrogen) atoms. The number of nitrogens with two attached hydrogens (primary N) is 1. The first kappa shape index (κ1) is 13.4. The van der Waals surface area contributed by atoms with E-state index >= 15 is 0 Å². The Kier molecular flexibility index (Phi) is 3.64. The van der Waals surface area contributed by atoms with Crippen molar-refractivity contribution in [1.29, 1.82) is 5.41 Å². The van der Waals surface area contributed by atoms with Gasteiger partial charge >= 0.3 is 0 Å². The third kappa shape index (κ3) is 2.28. The highest BCUT2D eigenvalue weighted by atomic mass is 15.2. The fourth-order valence-corrected chi connectivity index (χ4v) is 3.58. The van der Waals surface area contributed by atoms with Crippen LogP contribution in [0.5, 0.6) is 0 Å². The van der Waals surface area contributed by atoms with Gasteiger partial charge in [0.2, 0.25) is 0 Å². The van der Waals surface area contributed by atoms with Crippen molar-refractivity contribution in [2.45, 2.75) is 57.9 Å². The highest BCUT2D eigenvalue weighted by Crippen LogP contribution is 2.31. The van der Waals surface area contributed by atoms with Crippen molar-refractivity contribution in [3.05, 3.63) is 22.9 Å². The van der Waals surface area contributed by atoms with Crippen LogP contribution in [0.4, 0.5) is 5.82 Å². The van der Waals surface area contributed by atoms with Crippen molar-refractivity contribution in [1.82, 2.24) is 4.98 Å². The number of pyridine rings is 1. The molecule has 1 aliphatic carbocycles. The zero-order chi connectivity index (χ0) is 14.1. The van der Waals surface area contributed by atoms with Gasteiger partial charge in [-0.25, -0.2) is 4.98 Å². The van der Waals surface area contributed by atoms with E-state index in [9.17, 15) is 0 Å². The molecular formula is C16H24N4. The van der Waals surface area contributed by atoms with Crippen LogP contribution in [0.2, 0.25) is 0 Å². The van der Waals surface area contributed by atoms with Crippen molar-refractivity contribution >= 4 is 11.7 Å². The van der Waals surface area contributed by atoms with Gasteiger partial charge in [0.1, 0.15) is 11.7 Å². The van der Waals surface area contributed by atoms with Crippen LogP contribution in [0.25, 0.3) is 0 Å². The predicted molar refractivity (Wildman–Crippen MR) is 82.6 cm³/mol. The molecule has 108 valence electrons. The smallest absolute Gasteiger partial charge is 0.140 e. The SMILES string of the molecule is CCC1CCCCN1c1nc2c(cc1C(=N)N)CCC2. The molecule has 1 aromatic heterocycles. The normalized spacial score (nSPS) is 21.9. The summed E-state index contributed by atoms with van der Waals surface area (Å²) in [6.07, 6.45) is 8.22. The number of piperidine rings is 1. The minimum absolute atomic E-state index is 0.155. The molecule has 3 rings (SSSR count). The lowest BCUT2D eigenvalue weighted by molar-refractivity contribution is 0.446. The molecule has 0 spiro atoms. The van der Waals surface area contributed by atoms with Gasteiger partial charge in [-0.1, -0.05) is 6.92 Å². The zero-order valence-electron chi connectivity index (χ0n) is 12.3. The van der Waals surface area contributed by atoms with Gasteiger partial charge in [-0.15, -0.1) is 0 Å². The van der Waals surface area contributed by atoms with Crippen LogP contribution in [0.3, 0.4) is 0 Å². The Balaban J connectivity index is 2.04. The lowest BCUT2D eigenvalue weighted by Gasteiger charge is -2.37. The number of nitrogens with one attached hydrogen (secondary N) is 1. The van der Waals surface area contributed by atoms with Crippen LogP contribution in [0.15, 0.2) is 6.07 Å². The molecule has 2 aliphatic rings. The van der Waals surface area contributed by atoms with Crippen molar-refractivity contribution in [3.63, 3.8) is 0 Å². The highest BCUT2D eigenvalue weighted by molar-refractivity contribution is 6.00. The molecule has 0 radical (unpaired) electrons. The highest BCUT2D eigenvalue weighted by Gasteiger charge is 2.27. The number of hydrogen-bond donors (Lipinski definition) is 2. The van der Waals surface area contributed by atoms with Gasteiger partial charge in [0.25, 0.3) is 0 Å². The maximum absolute atomic E-state index is 7.89. The minimum atomic E-state index is 0.155. The molecule has 4 heteroatoms. The van der Waals surface area contributed by atoms with Gasteiger partial charge in [0, 0.05) is 18.3 Å². The number of aromatic nitrogens is 1. The molecule has 0 amide bonds. The Morgan fingerprint density at radius 1 is 1.40 bits per heavy atom. The summed E-state index contributed by atoms with van der Waals surface area (Å²) >= 11 is 0. The first-order valence-electron chi connectivity index (χ1n) is 7.84. The topological polar surface area (TPSA) is 66.0 Å². The molecule has 0 saturated carbocycles. The number of nitrogens with zero attached hydrogens (tertiary/aromatic N) is 2. The second-order valence-corrected chi connectivity index (χ2v) is 5.98. The summed E-state index contributed by atoms with van der Waals surface area (Å²) in [5.41, 5.74) is 9.18. The molecule has 4 nitrogen and oxygen atoms in total. The molecule has 0 bridgehead atoms. The maximum atomic E-state index is 7.89. The van der Waals surface area contributed by atoms with Gasteiger partial charge < -0.3 is 10.6 Å². The Morgan fingerprint density at radius 2 is 2.25 bits per heavy atom. The summed E-state index contributed by atoms with van der Waals surface area (Å²) in [6, 6.07) is 2.67. The molecule has 1 aliphatic heterocycles. The van der Waals surface area contributed by atoms with Crippen LogP contribution in [0, 0.1) is 5.41 Å². The number of amidine groups is 1. The van der Waals surface area contributed by atoms with Gasteiger partial charge in [0.15, 0.2) is 0 Å². The molecule has 1 fully saturated rings. The Morgan fingerprint density at radius 3 is 3.00 bits per heavy atom. The predicted octanol–water partition coefficient (Wildman–Crippen LogP) is 2.62. The molecular weight excluding hydrogens is 248 g/mol. The van der Waals surface area contributed by atoms with Crippen LogP contribution < -0.4 is 10.6 Å². The van der Waals surface area contributed by atoms with Crippen LogP contribution in [-0.4, -0.2) is 23.4 Å². The lowest BCUT2D eigenvalue weighted by atomic mass is 9.98. The number of hydrogen-bond acceptors (Lipinski definition) is 3. The van der Waals surface area contributed by atoms with Crippen LogP contribution >= 0.6 is 0 Å². The lowest BCUT2D eigenvalue weighted by Crippen LogP contribution is -2.41. The fourth-order valence-electron chi connectivity index (χ4n) is 3.58. The number of nitrogen functional groups attached to an aromatic ring is 1. The van der Waals surface area contributed by atoms with E-state index in [4.69, 9.17) is 16.1 Å². The Labute approximate surface area is 120 Å². The van der Waals surface area contributed by atoms with Crippen LogP contribution in [-0.2, 0) is 12.8 Å². The average molecular weight is 272 g/mol. The van der Waals surface area contributed by atoms with Gasteiger partial charge in [-0.05, 0) is 56.6 Å². The summed E-state index contributed by atoms with van der Waals surface area (Å²) in [5.74, 6) is 1.12. The second kappa shape index (κ2) is 5.43. The van der Waals surface area contributed by atoms with E-state index in [0.717, 1.165) is 37.2 Å². The molecule has 1 aromatic rings. The quantitative estimate of drug-likeness (QED) is 0.656. The zero-order valence-corrected chi connectivity index (χ0v) is 12.3. The standard InChI is InChI=1S/C16H24N4/c1-2-12-7-3-4-9-20(12)16-13(15(17)18)10-11-6-5-8-14(11)19-16/h10,12H,2-9H2,1H3,(H3,17,18). The fraction of sp³-hybridized carbons (Fsp3) is 0.625. The molecule has 1 saturated heterocycles. The van der Waals surface area contributed by atoms with E-state index in [1.165, 1.54) is 36.9 Å². The van der Waals surface area contributed by atoms with Crippen LogP contribution in [0.1, 0.15) is 55.8 Å². The molecule has 2 heterocycles. The van der Waals surface area contributed by atoms with Crippen molar-refractivity contribution in [2.24, 2.45) is 5.73 Å². The van der Waals surface area contributed by atoms with Gasteiger partial charge in [0.05, 0.1) is 5.56 Å². The Bertz CT molecular complexity index is 523. The van der Waals surface area contributed by atoms with E-state index in [-0.39, 0.29) is 5.84 Å². The third-order valence-corrected chi connectivity index (χ3v) is 4.69. The summed E-state index contributed by atoms with van der Waals surface area (Å²) in [6.45, 7) is 3.29. The summed E-state index contributed by atoms with van der Waals surface area (Å²) in [7, 11) is 0. The number of rotatable bonds is 3. The minimum Gasteiger partial charge on any atom is -0.384 e.